The summed E-state index contributed by atoms with van der Waals surface area (Å²) >= 11 is 0. The summed E-state index contributed by atoms with van der Waals surface area (Å²) < 4.78 is 9.78. The highest BCUT2D eigenvalue weighted by atomic mass is 16.6. The van der Waals surface area contributed by atoms with Crippen molar-refractivity contribution in [1.82, 2.24) is 0 Å². The Labute approximate surface area is 163 Å². The lowest BCUT2D eigenvalue weighted by Gasteiger charge is -2.10. The van der Waals surface area contributed by atoms with E-state index in [9.17, 15) is 9.59 Å². The molecule has 0 saturated carbocycles. The van der Waals surface area contributed by atoms with Crippen LogP contribution in [0.15, 0.2) is 66.7 Å². The molecule has 0 heterocycles. The van der Waals surface area contributed by atoms with Crippen LogP contribution in [-0.4, -0.2) is 32.3 Å². The van der Waals surface area contributed by atoms with E-state index in [1.165, 1.54) is 7.11 Å². The van der Waals surface area contributed by atoms with Gasteiger partial charge in [-0.05, 0) is 34.5 Å². The van der Waals surface area contributed by atoms with E-state index >= 15 is 0 Å². The smallest absolute Gasteiger partial charge is 0.411 e. The van der Waals surface area contributed by atoms with Gasteiger partial charge in [0.05, 0.1) is 13.0 Å². The number of amides is 2. The first-order valence-corrected chi connectivity index (χ1v) is 8.94. The van der Waals surface area contributed by atoms with Gasteiger partial charge in [-0.25, -0.2) is 4.79 Å². The summed E-state index contributed by atoms with van der Waals surface area (Å²) in [5.74, 6) is -0.130. The zero-order chi connectivity index (χ0) is 19.8. The third-order valence-corrected chi connectivity index (χ3v) is 4.09. The van der Waals surface area contributed by atoms with Gasteiger partial charge in [0, 0.05) is 18.5 Å². The van der Waals surface area contributed by atoms with E-state index in [2.05, 4.69) is 10.6 Å². The molecule has 2 N–H and O–H groups in total. The maximum Gasteiger partial charge on any atom is 0.411 e. The Morgan fingerprint density at radius 3 is 2.36 bits per heavy atom. The first-order valence-electron chi connectivity index (χ1n) is 8.94. The topological polar surface area (TPSA) is 76.7 Å². The number of nitrogens with one attached hydrogen (secondary N) is 2. The molecular formula is C22H22N2O4. The first kappa shape index (κ1) is 19.4. The molecule has 0 radical (unpaired) electrons. The zero-order valence-electron chi connectivity index (χ0n) is 15.6. The van der Waals surface area contributed by atoms with Crippen molar-refractivity contribution in [3.63, 3.8) is 0 Å². The van der Waals surface area contributed by atoms with Crippen molar-refractivity contribution in [3.8, 4) is 0 Å². The molecule has 28 heavy (non-hydrogen) atoms. The van der Waals surface area contributed by atoms with Crippen LogP contribution in [0.3, 0.4) is 0 Å². The van der Waals surface area contributed by atoms with Crippen LogP contribution < -0.4 is 10.6 Å². The summed E-state index contributed by atoms with van der Waals surface area (Å²) in [7, 11) is 1.53. The summed E-state index contributed by atoms with van der Waals surface area (Å²) in [4.78, 5) is 24.1. The number of fused-ring (bicyclic) bond motifs is 1. The molecule has 0 bridgehead atoms. The van der Waals surface area contributed by atoms with Gasteiger partial charge in [-0.2, -0.15) is 0 Å². The number of hydrogen-bond acceptors (Lipinski definition) is 4. The van der Waals surface area contributed by atoms with Crippen molar-refractivity contribution in [2.24, 2.45) is 0 Å². The van der Waals surface area contributed by atoms with Gasteiger partial charge in [0.1, 0.15) is 6.61 Å². The first-order chi connectivity index (χ1) is 13.6. The number of anilines is 2. The predicted molar refractivity (Wildman–Crippen MR) is 110 cm³/mol. The van der Waals surface area contributed by atoms with E-state index in [0.717, 1.165) is 16.3 Å². The predicted octanol–water partition coefficient (Wildman–Crippen LogP) is 4.22. The van der Waals surface area contributed by atoms with Gasteiger partial charge in [0.25, 0.3) is 0 Å². The molecule has 6 nitrogen and oxygen atoms in total. The quantitative estimate of drug-likeness (QED) is 0.604. The minimum absolute atomic E-state index is 0.130. The third-order valence-electron chi connectivity index (χ3n) is 4.09. The van der Waals surface area contributed by atoms with Gasteiger partial charge < -0.3 is 14.8 Å². The fourth-order valence-corrected chi connectivity index (χ4v) is 2.79. The SMILES string of the molecule is COCCOC(=O)Nc1cccc(NC(=O)Cc2ccc3ccccc3c2)c1. The highest BCUT2D eigenvalue weighted by Gasteiger charge is 2.07. The van der Waals surface area contributed by atoms with Crippen LogP contribution in [0.4, 0.5) is 16.2 Å². The van der Waals surface area contributed by atoms with E-state index in [1.54, 1.807) is 24.3 Å². The highest BCUT2D eigenvalue weighted by molar-refractivity contribution is 5.94. The monoisotopic (exact) mass is 378 g/mol. The molecule has 3 aromatic rings. The lowest BCUT2D eigenvalue weighted by atomic mass is 10.0. The minimum atomic E-state index is -0.573. The molecule has 2 amide bonds. The average molecular weight is 378 g/mol. The Balaban J connectivity index is 1.58. The fraction of sp³-hybridized carbons (Fsp3) is 0.182. The van der Waals surface area contributed by atoms with Gasteiger partial charge in [-0.1, -0.05) is 48.5 Å². The van der Waals surface area contributed by atoms with E-state index in [0.29, 0.717) is 18.0 Å². The molecule has 3 aromatic carbocycles. The van der Waals surface area contributed by atoms with Crippen molar-refractivity contribution in [2.75, 3.05) is 31.0 Å². The molecule has 0 unspecified atom stereocenters. The van der Waals surface area contributed by atoms with E-state index < -0.39 is 6.09 Å². The van der Waals surface area contributed by atoms with Crippen LogP contribution in [0.25, 0.3) is 10.8 Å². The van der Waals surface area contributed by atoms with Crippen LogP contribution >= 0.6 is 0 Å². The maximum atomic E-state index is 12.4. The number of hydrogen-bond donors (Lipinski definition) is 2. The van der Waals surface area contributed by atoms with E-state index in [-0.39, 0.29) is 18.9 Å². The van der Waals surface area contributed by atoms with Gasteiger partial charge in [-0.15, -0.1) is 0 Å². The molecule has 3 rings (SSSR count). The van der Waals surface area contributed by atoms with Crippen molar-refractivity contribution in [1.29, 1.82) is 0 Å². The van der Waals surface area contributed by atoms with Gasteiger partial charge in [0.2, 0.25) is 5.91 Å². The molecule has 0 saturated heterocycles. The van der Waals surface area contributed by atoms with Crippen LogP contribution in [0.1, 0.15) is 5.56 Å². The molecule has 0 aromatic heterocycles. The zero-order valence-corrected chi connectivity index (χ0v) is 15.6. The Kier molecular flexibility index (Phi) is 6.59. The van der Waals surface area contributed by atoms with E-state index in [4.69, 9.17) is 9.47 Å². The number of methoxy groups -OCH3 is 1. The Morgan fingerprint density at radius 1 is 0.821 bits per heavy atom. The number of carbonyl (C=O) groups excluding carboxylic acids is 2. The summed E-state index contributed by atoms with van der Waals surface area (Å²) in [6.07, 6.45) is -0.307. The molecule has 0 fully saturated rings. The standard InChI is InChI=1S/C22H22N2O4/c1-27-11-12-28-22(26)24-20-8-4-7-19(15-20)23-21(25)14-16-9-10-17-5-2-3-6-18(17)13-16/h2-10,13,15H,11-12,14H2,1H3,(H,23,25)(H,24,26). The molecule has 6 heteroatoms. The van der Waals surface area contributed by atoms with Crippen molar-refractivity contribution in [3.05, 3.63) is 72.3 Å². The third kappa shape index (κ3) is 5.56. The summed E-state index contributed by atoms with van der Waals surface area (Å²) in [6.45, 7) is 0.503. The number of rotatable bonds is 7. The number of benzene rings is 3. The lowest BCUT2D eigenvalue weighted by molar-refractivity contribution is -0.115. The Bertz CT molecular complexity index is 971. The second kappa shape index (κ2) is 9.53. The number of carbonyl (C=O) groups is 2. The van der Waals surface area contributed by atoms with Gasteiger partial charge >= 0.3 is 6.09 Å². The second-order valence-corrected chi connectivity index (χ2v) is 6.24. The summed E-state index contributed by atoms with van der Waals surface area (Å²) in [5, 5.41) is 7.71. The van der Waals surface area contributed by atoms with Crippen molar-refractivity contribution < 1.29 is 19.1 Å². The van der Waals surface area contributed by atoms with Crippen LogP contribution in [0.2, 0.25) is 0 Å². The van der Waals surface area contributed by atoms with Crippen molar-refractivity contribution >= 4 is 34.1 Å². The molecular weight excluding hydrogens is 356 g/mol. The fourth-order valence-electron chi connectivity index (χ4n) is 2.79. The molecule has 0 aliphatic rings. The van der Waals surface area contributed by atoms with E-state index in [1.807, 2.05) is 42.5 Å². The van der Waals surface area contributed by atoms with Crippen LogP contribution in [0, 0.1) is 0 Å². The van der Waals surface area contributed by atoms with Crippen molar-refractivity contribution in [2.45, 2.75) is 6.42 Å². The van der Waals surface area contributed by atoms with Crippen LogP contribution in [-0.2, 0) is 20.7 Å². The molecule has 0 spiro atoms. The average Bonchev–Trinajstić information content (AvgIpc) is 2.68. The second-order valence-electron chi connectivity index (χ2n) is 6.24. The molecule has 0 aliphatic carbocycles. The molecule has 0 aliphatic heterocycles. The maximum absolute atomic E-state index is 12.4. The molecule has 0 atom stereocenters. The van der Waals surface area contributed by atoms with Gasteiger partial charge in [-0.3, -0.25) is 10.1 Å². The largest absolute Gasteiger partial charge is 0.447 e. The Hall–Kier alpha value is -3.38. The summed E-state index contributed by atoms with van der Waals surface area (Å²) in [6, 6.07) is 20.9. The highest BCUT2D eigenvalue weighted by Crippen LogP contribution is 2.18. The summed E-state index contributed by atoms with van der Waals surface area (Å²) in [5.41, 5.74) is 2.07. The normalized spacial score (nSPS) is 10.5. The van der Waals surface area contributed by atoms with Gasteiger partial charge in [0.15, 0.2) is 0 Å². The lowest BCUT2D eigenvalue weighted by Crippen LogP contribution is -2.17. The van der Waals surface area contributed by atoms with Crippen LogP contribution in [0.5, 0.6) is 0 Å². The number of ether oxygens (including phenoxy) is 2. The Morgan fingerprint density at radius 2 is 1.57 bits per heavy atom. The molecule has 144 valence electrons. The minimum Gasteiger partial charge on any atom is -0.447 e.